The zero-order valence-electron chi connectivity index (χ0n) is 8.59. The zero-order chi connectivity index (χ0) is 10.1. The predicted octanol–water partition coefficient (Wildman–Crippen LogP) is 1.49. The van der Waals surface area contributed by atoms with Crippen molar-refractivity contribution in [2.24, 2.45) is 5.41 Å². The summed E-state index contributed by atoms with van der Waals surface area (Å²) in [5.74, 6) is -0.489. The van der Waals surface area contributed by atoms with E-state index in [1.54, 1.807) is 0 Å². The molecule has 1 fully saturated rings. The van der Waals surface area contributed by atoms with Crippen LogP contribution in [0.4, 0.5) is 0 Å². The van der Waals surface area contributed by atoms with Crippen LogP contribution in [0.2, 0.25) is 0 Å². The maximum atomic E-state index is 11.4. The number of hydrogen-bond acceptors (Lipinski definition) is 3. The lowest BCUT2D eigenvalue weighted by Gasteiger charge is -2.43. The molecule has 13 heavy (non-hydrogen) atoms. The molecule has 0 aromatic carbocycles. The second-order valence-electron chi connectivity index (χ2n) is 4.44. The van der Waals surface area contributed by atoms with Gasteiger partial charge in [0.25, 0.3) is 0 Å². The molecule has 0 bridgehead atoms. The van der Waals surface area contributed by atoms with Gasteiger partial charge < -0.3 is 9.84 Å². The summed E-state index contributed by atoms with van der Waals surface area (Å²) in [4.78, 5) is 11.4. The molecule has 0 heterocycles. The molecule has 0 aliphatic heterocycles. The molecule has 3 nitrogen and oxygen atoms in total. The molecule has 0 aromatic heterocycles. The van der Waals surface area contributed by atoms with Crippen molar-refractivity contribution < 1.29 is 14.6 Å². The van der Waals surface area contributed by atoms with Gasteiger partial charge >= 0.3 is 5.97 Å². The molecule has 3 heteroatoms. The van der Waals surface area contributed by atoms with Gasteiger partial charge in [-0.15, -0.1) is 0 Å². The Bertz CT molecular complexity index is 210. The molecule has 0 amide bonds. The van der Waals surface area contributed by atoms with Gasteiger partial charge in [-0.25, -0.2) is 4.79 Å². The van der Waals surface area contributed by atoms with Crippen LogP contribution in [0.3, 0.4) is 0 Å². The first-order chi connectivity index (χ1) is 5.94. The summed E-state index contributed by atoms with van der Waals surface area (Å²) in [5, 5.41) is 10.2. The van der Waals surface area contributed by atoms with E-state index in [9.17, 15) is 9.90 Å². The minimum absolute atomic E-state index is 0.363. The van der Waals surface area contributed by atoms with Crippen molar-refractivity contribution >= 4 is 5.97 Å². The summed E-state index contributed by atoms with van der Waals surface area (Å²) in [6, 6.07) is 0. The van der Waals surface area contributed by atoms with E-state index in [2.05, 4.69) is 4.74 Å². The normalized spacial score (nSPS) is 32.6. The SMILES string of the molecule is COC(=O)C1(O)CCCCC1(C)C. The summed E-state index contributed by atoms with van der Waals surface area (Å²) in [7, 11) is 1.32. The smallest absolute Gasteiger partial charge is 0.338 e. The van der Waals surface area contributed by atoms with Gasteiger partial charge in [0, 0.05) is 5.41 Å². The molecule has 1 atom stereocenters. The molecule has 0 aromatic rings. The summed E-state index contributed by atoms with van der Waals surface area (Å²) >= 11 is 0. The molecule has 0 spiro atoms. The highest BCUT2D eigenvalue weighted by molar-refractivity contribution is 5.80. The Hall–Kier alpha value is -0.570. The van der Waals surface area contributed by atoms with Gasteiger partial charge in [-0.3, -0.25) is 0 Å². The van der Waals surface area contributed by atoms with Gasteiger partial charge in [-0.2, -0.15) is 0 Å². The van der Waals surface area contributed by atoms with E-state index in [0.29, 0.717) is 6.42 Å². The van der Waals surface area contributed by atoms with Gasteiger partial charge in [0.15, 0.2) is 5.60 Å². The van der Waals surface area contributed by atoms with Crippen molar-refractivity contribution in [3.8, 4) is 0 Å². The van der Waals surface area contributed by atoms with Crippen LogP contribution in [0.5, 0.6) is 0 Å². The monoisotopic (exact) mass is 186 g/mol. The number of methoxy groups -OCH3 is 1. The summed E-state index contributed by atoms with van der Waals surface area (Å²) in [6.45, 7) is 3.84. The van der Waals surface area contributed by atoms with E-state index < -0.39 is 11.6 Å². The van der Waals surface area contributed by atoms with Crippen LogP contribution in [0.15, 0.2) is 0 Å². The minimum atomic E-state index is -1.28. The van der Waals surface area contributed by atoms with Gasteiger partial charge in [0.2, 0.25) is 0 Å². The van der Waals surface area contributed by atoms with Crippen LogP contribution >= 0.6 is 0 Å². The molecule has 1 N–H and O–H groups in total. The number of esters is 1. The fraction of sp³-hybridized carbons (Fsp3) is 0.900. The van der Waals surface area contributed by atoms with E-state index in [0.717, 1.165) is 19.3 Å². The maximum absolute atomic E-state index is 11.4. The fourth-order valence-electron chi connectivity index (χ4n) is 2.04. The Balaban J connectivity index is 2.90. The third kappa shape index (κ3) is 1.57. The van der Waals surface area contributed by atoms with Crippen LogP contribution in [0, 0.1) is 5.41 Å². The van der Waals surface area contributed by atoms with Gasteiger partial charge in [-0.05, 0) is 19.3 Å². The first-order valence-corrected chi connectivity index (χ1v) is 4.75. The lowest BCUT2D eigenvalue weighted by atomic mass is 9.65. The van der Waals surface area contributed by atoms with Gasteiger partial charge in [-0.1, -0.05) is 20.3 Å². The van der Waals surface area contributed by atoms with Crippen LogP contribution in [0.1, 0.15) is 39.5 Å². The minimum Gasteiger partial charge on any atom is -0.467 e. The van der Waals surface area contributed by atoms with Gasteiger partial charge in [0.1, 0.15) is 0 Å². The van der Waals surface area contributed by atoms with Crippen molar-refractivity contribution in [1.29, 1.82) is 0 Å². The summed E-state index contributed by atoms with van der Waals surface area (Å²) < 4.78 is 4.64. The Kier molecular flexibility index (Phi) is 2.66. The number of ether oxygens (including phenoxy) is 1. The van der Waals surface area contributed by atoms with Crippen molar-refractivity contribution in [2.45, 2.75) is 45.1 Å². The fourth-order valence-corrected chi connectivity index (χ4v) is 2.04. The van der Waals surface area contributed by atoms with Crippen molar-refractivity contribution in [2.75, 3.05) is 7.11 Å². The summed E-state index contributed by atoms with van der Waals surface area (Å²) in [6.07, 6.45) is 3.37. The lowest BCUT2D eigenvalue weighted by Crippen LogP contribution is -2.53. The highest BCUT2D eigenvalue weighted by Crippen LogP contribution is 2.44. The molecule has 1 aliphatic rings. The van der Waals surface area contributed by atoms with E-state index in [4.69, 9.17) is 0 Å². The van der Waals surface area contributed by atoms with Crippen LogP contribution in [0.25, 0.3) is 0 Å². The highest BCUT2D eigenvalue weighted by atomic mass is 16.5. The molecule has 0 saturated heterocycles. The van der Waals surface area contributed by atoms with Crippen molar-refractivity contribution in [3.63, 3.8) is 0 Å². The quantitative estimate of drug-likeness (QED) is 0.631. The van der Waals surface area contributed by atoms with E-state index >= 15 is 0 Å². The number of rotatable bonds is 1. The first kappa shape index (κ1) is 10.5. The Labute approximate surface area is 79.1 Å². The third-order valence-corrected chi connectivity index (χ3v) is 3.23. The number of carbonyl (C=O) groups is 1. The molecule has 1 rings (SSSR count). The van der Waals surface area contributed by atoms with Crippen molar-refractivity contribution in [1.82, 2.24) is 0 Å². The lowest BCUT2D eigenvalue weighted by molar-refractivity contribution is -0.182. The standard InChI is InChI=1S/C10H18O3/c1-9(2)6-4-5-7-10(9,12)8(11)13-3/h12H,4-7H2,1-3H3. The highest BCUT2D eigenvalue weighted by Gasteiger charge is 2.51. The number of aliphatic hydroxyl groups is 1. The van der Waals surface area contributed by atoms with Crippen LogP contribution in [-0.2, 0) is 9.53 Å². The average Bonchev–Trinajstić information content (AvgIpc) is 2.08. The molecule has 0 radical (unpaired) electrons. The van der Waals surface area contributed by atoms with Crippen molar-refractivity contribution in [3.05, 3.63) is 0 Å². The zero-order valence-corrected chi connectivity index (χ0v) is 8.59. The first-order valence-electron chi connectivity index (χ1n) is 4.75. The van der Waals surface area contributed by atoms with Crippen LogP contribution in [-0.4, -0.2) is 23.8 Å². The third-order valence-electron chi connectivity index (χ3n) is 3.23. The van der Waals surface area contributed by atoms with Crippen LogP contribution < -0.4 is 0 Å². The number of carbonyl (C=O) groups excluding carboxylic acids is 1. The van der Waals surface area contributed by atoms with E-state index in [1.807, 2.05) is 13.8 Å². The molecule has 1 aliphatic carbocycles. The average molecular weight is 186 g/mol. The second-order valence-corrected chi connectivity index (χ2v) is 4.44. The number of hydrogen-bond donors (Lipinski definition) is 1. The maximum Gasteiger partial charge on any atom is 0.338 e. The van der Waals surface area contributed by atoms with E-state index in [-0.39, 0.29) is 5.41 Å². The summed E-state index contributed by atoms with van der Waals surface area (Å²) in [5.41, 5.74) is -1.64. The largest absolute Gasteiger partial charge is 0.467 e. The molecular weight excluding hydrogens is 168 g/mol. The van der Waals surface area contributed by atoms with Gasteiger partial charge in [0.05, 0.1) is 7.11 Å². The Morgan fingerprint density at radius 2 is 1.85 bits per heavy atom. The predicted molar refractivity (Wildman–Crippen MR) is 49.2 cm³/mol. The molecule has 76 valence electrons. The topological polar surface area (TPSA) is 46.5 Å². The Morgan fingerprint density at radius 1 is 1.31 bits per heavy atom. The molecular formula is C10H18O3. The Morgan fingerprint density at radius 3 is 2.31 bits per heavy atom. The molecule has 1 saturated carbocycles. The van der Waals surface area contributed by atoms with E-state index in [1.165, 1.54) is 7.11 Å². The second kappa shape index (κ2) is 3.29. The molecule has 1 unspecified atom stereocenters.